The van der Waals surface area contributed by atoms with Crippen LogP contribution in [0.4, 0.5) is 0 Å². The van der Waals surface area contributed by atoms with Crippen molar-refractivity contribution in [3.05, 3.63) is 131 Å². The van der Waals surface area contributed by atoms with Gasteiger partial charge in [0.1, 0.15) is 23.7 Å². The van der Waals surface area contributed by atoms with Crippen molar-refractivity contribution < 1.29 is 9.59 Å². The number of benzene rings is 3. The van der Waals surface area contributed by atoms with Gasteiger partial charge in [-0.1, -0.05) is 104 Å². The highest BCUT2D eigenvalue weighted by molar-refractivity contribution is 5.86. The number of H-pyrrole nitrogens is 2. The van der Waals surface area contributed by atoms with Gasteiger partial charge in [-0.15, -0.1) is 0 Å². The Bertz CT molecular complexity index is 2250. The lowest BCUT2D eigenvalue weighted by atomic mass is 9.98. The lowest BCUT2D eigenvalue weighted by Crippen LogP contribution is -2.46. The first-order chi connectivity index (χ1) is 28.0. The molecule has 3 heterocycles. The Hall–Kier alpha value is -5.58. The number of carbonyl (C=O) groups is 2. The van der Waals surface area contributed by atoms with Crippen LogP contribution in [-0.2, 0) is 16.1 Å². The number of allylic oxidation sites excluding steroid dienone is 2. The second-order valence-corrected chi connectivity index (χ2v) is 16.2. The van der Waals surface area contributed by atoms with E-state index in [4.69, 9.17) is 9.97 Å². The Morgan fingerprint density at radius 2 is 1.38 bits per heavy atom. The molecule has 0 radical (unpaired) electrons. The first-order valence-corrected chi connectivity index (χ1v) is 20.7. The van der Waals surface area contributed by atoms with E-state index in [2.05, 4.69) is 90.6 Å². The van der Waals surface area contributed by atoms with Gasteiger partial charge in [-0.25, -0.2) is 9.97 Å². The van der Waals surface area contributed by atoms with E-state index < -0.39 is 0 Å². The molecule has 1 saturated heterocycles. The van der Waals surface area contributed by atoms with Crippen LogP contribution in [0.5, 0.6) is 0 Å². The molecule has 3 aromatic carbocycles. The van der Waals surface area contributed by atoms with Gasteiger partial charge < -0.3 is 19.8 Å². The van der Waals surface area contributed by atoms with Crippen molar-refractivity contribution in [2.75, 3.05) is 41.3 Å². The van der Waals surface area contributed by atoms with Crippen LogP contribution in [0, 0.1) is 13.8 Å². The highest BCUT2D eigenvalue weighted by Crippen LogP contribution is 2.36. The van der Waals surface area contributed by atoms with Gasteiger partial charge in [0.05, 0.1) is 24.0 Å². The summed E-state index contributed by atoms with van der Waals surface area (Å²) in [6, 6.07) is 26.3. The molecule has 1 aliphatic heterocycles. The van der Waals surface area contributed by atoms with Crippen molar-refractivity contribution in [1.82, 2.24) is 39.5 Å². The third-order valence-electron chi connectivity index (χ3n) is 11.4. The minimum absolute atomic E-state index is 0.0681. The summed E-state index contributed by atoms with van der Waals surface area (Å²) in [5.74, 6) is 1.84. The van der Waals surface area contributed by atoms with Crippen molar-refractivity contribution in [2.24, 2.45) is 0 Å². The maximum absolute atomic E-state index is 14.0. The van der Waals surface area contributed by atoms with Crippen LogP contribution in [0.25, 0.3) is 33.6 Å². The number of carbonyl (C=O) groups excluding carboxylic acids is 2. The molecule has 58 heavy (non-hydrogen) atoms. The van der Waals surface area contributed by atoms with Crippen molar-refractivity contribution in [2.45, 2.75) is 77.5 Å². The molecule has 1 fully saturated rings. The van der Waals surface area contributed by atoms with E-state index in [1.807, 2.05) is 85.0 Å². The number of imidazole rings is 2. The molecule has 2 N–H and O–H groups in total. The fourth-order valence-electron chi connectivity index (χ4n) is 8.60. The number of aryl methyl sites for hydroxylation is 2. The molecule has 7 rings (SSSR count). The van der Waals surface area contributed by atoms with E-state index in [-0.39, 0.29) is 29.9 Å². The van der Waals surface area contributed by atoms with Crippen LogP contribution in [0.2, 0.25) is 0 Å². The van der Waals surface area contributed by atoms with Crippen LogP contribution in [0.15, 0.2) is 103 Å². The zero-order chi connectivity index (χ0) is 40.9. The van der Waals surface area contributed by atoms with E-state index in [1.165, 1.54) is 0 Å². The van der Waals surface area contributed by atoms with Crippen LogP contribution < -0.4 is 0 Å². The monoisotopic (exact) mass is 778 g/mol. The average molecular weight is 779 g/mol. The Balaban J connectivity index is 1.04. The summed E-state index contributed by atoms with van der Waals surface area (Å²) in [5.41, 5.74) is 10.1. The predicted molar refractivity (Wildman–Crippen MR) is 233 cm³/mol. The fourth-order valence-corrected chi connectivity index (χ4v) is 8.60. The molecule has 2 amide bonds. The molecule has 2 aliphatic rings. The summed E-state index contributed by atoms with van der Waals surface area (Å²) >= 11 is 0. The number of likely N-dealkylation sites (N-methyl/N-ethyl adjacent to an activating group) is 2. The molecule has 0 spiro atoms. The zero-order valence-corrected chi connectivity index (χ0v) is 35.1. The highest BCUT2D eigenvalue weighted by Gasteiger charge is 2.38. The van der Waals surface area contributed by atoms with E-state index in [0.717, 1.165) is 106 Å². The molecule has 0 saturated carbocycles. The zero-order valence-electron chi connectivity index (χ0n) is 35.1. The summed E-state index contributed by atoms with van der Waals surface area (Å²) in [5, 5.41) is 0. The number of nitrogens with zero attached hydrogens (tertiary/aromatic N) is 6. The topological polar surface area (TPSA) is 104 Å². The second-order valence-electron chi connectivity index (χ2n) is 16.2. The van der Waals surface area contributed by atoms with E-state index in [9.17, 15) is 9.59 Å². The third kappa shape index (κ3) is 8.63. The van der Waals surface area contributed by atoms with Gasteiger partial charge in [-0.3, -0.25) is 19.4 Å². The molecule has 302 valence electrons. The summed E-state index contributed by atoms with van der Waals surface area (Å²) in [6.45, 7) is 7.99. The highest BCUT2D eigenvalue weighted by atomic mass is 16.2. The minimum Gasteiger partial charge on any atom is -0.344 e. The van der Waals surface area contributed by atoms with E-state index >= 15 is 0 Å². The summed E-state index contributed by atoms with van der Waals surface area (Å²) < 4.78 is 0. The second kappa shape index (κ2) is 17.9. The molecular formula is C48H58N8O2. The van der Waals surface area contributed by atoms with Crippen LogP contribution in [-0.4, -0.2) is 98.7 Å². The predicted octanol–water partition coefficient (Wildman–Crippen LogP) is 8.66. The average Bonchev–Trinajstić information content (AvgIpc) is 3.97. The van der Waals surface area contributed by atoms with Crippen LogP contribution in [0.1, 0.15) is 79.7 Å². The van der Waals surface area contributed by atoms with Gasteiger partial charge >= 0.3 is 0 Å². The number of hydrogen-bond acceptors (Lipinski definition) is 6. The van der Waals surface area contributed by atoms with Crippen molar-refractivity contribution >= 4 is 11.8 Å². The smallest absolute Gasteiger partial charge is 0.245 e. The Labute approximate surface area is 343 Å². The molecular weight excluding hydrogens is 721 g/mol. The molecule has 10 nitrogen and oxygen atoms in total. The fraction of sp³-hybridized carbons (Fsp3) is 0.375. The number of nitrogens with one attached hydrogen (secondary N) is 2. The number of amides is 2. The number of likely N-dealkylation sites (tertiary alicyclic amines) is 1. The van der Waals surface area contributed by atoms with Gasteiger partial charge in [0, 0.05) is 35.6 Å². The molecule has 2 aromatic heterocycles. The van der Waals surface area contributed by atoms with E-state index in [1.54, 1.807) is 0 Å². The first-order valence-electron chi connectivity index (χ1n) is 20.7. The van der Waals surface area contributed by atoms with Crippen molar-refractivity contribution in [1.29, 1.82) is 0 Å². The van der Waals surface area contributed by atoms with Crippen LogP contribution >= 0.6 is 0 Å². The normalized spacial score (nSPS) is 16.5. The number of hydrogen-bond donors (Lipinski definition) is 2. The maximum Gasteiger partial charge on any atom is 0.245 e. The molecule has 5 aromatic rings. The lowest BCUT2D eigenvalue weighted by molar-refractivity contribution is -0.137. The first kappa shape index (κ1) is 40.6. The molecule has 0 bridgehead atoms. The number of aromatic nitrogens is 4. The van der Waals surface area contributed by atoms with Gasteiger partial charge in [0.25, 0.3) is 0 Å². The third-order valence-corrected chi connectivity index (χ3v) is 11.4. The molecule has 0 unspecified atom stereocenters. The van der Waals surface area contributed by atoms with Gasteiger partial charge in [0.2, 0.25) is 11.8 Å². The van der Waals surface area contributed by atoms with Crippen molar-refractivity contribution in [3.63, 3.8) is 0 Å². The SMILES string of the molecule is CCCN(Cc1nc(-c2ccc(-c3ccc(-c4nc([C@@H]5CCCN5C(=O)[C@@H](C5=CCCC=C5)N(C)C)[nH]c4C)cc3)cc2)c(C)[nH]1)C(=O)[C@@H](c1ccccc1)N(C)C. The van der Waals surface area contributed by atoms with Gasteiger partial charge in [-0.05, 0) is 96.4 Å². The number of rotatable bonds is 14. The Morgan fingerprint density at radius 3 is 1.97 bits per heavy atom. The molecule has 3 atom stereocenters. The summed E-state index contributed by atoms with van der Waals surface area (Å²) in [6.07, 6.45) is 11.2. The molecule has 1 aliphatic carbocycles. The number of aromatic amines is 2. The lowest BCUT2D eigenvalue weighted by Gasteiger charge is -2.32. The van der Waals surface area contributed by atoms with Gasteiger partial charge in [-0.2, -0.15) is 0 Å². The van der Waals surface area contributed by atoms with Gasteiger partial charge in [0.15, 0.2) is 0 Å². The Kier molecular flexibility index (Phi) is 12.5. The summed E-state index contributed by atoms with van der Waals surface area (Å²) in [7, 11) is 7.88. The quantitative estimate of drug-likeness (QED) is 0.117. The minimum atomic E-state index is -0.367. The molecule has 10 heteroatoms. The maximum atomic E-state index is 14.0. The van der Waals surface area contributed by atoms with Crippen LogP contribution in [0.3, 0.4) is 0 Å². The largest absolute Gasteiger partial charge is 0.344 e. The van der Waals surface area contributed by atoms with Crippen molar-refractivity contribution in [3.8, 4) is 33.6 Å². The summed E-state index contributed by atoms with van der Waals surface area (Å²) in [4.78, 5) is 53.0. The Morgan fingerprint density at radius 1 is 0.776 bits per heavy atom. The van der Waals surface area contributed by atoms with E-state index in [0.29, 0.717) is 13.1 Å². The standard InChI is InChI=1S/C48H58N8O2/c1-8-29-55(47(57)44(53(4)5)38-16-11-9-12-17-38)31-41-49-32(2)42(51-41)36-25-21-34(22-26-36)35-23-27-37(28-24-35)43-33(3)50-46(52-43)40-20-15-30-56(40)48(58)45(54(6)7)39-18-13-10-14-19-39/h9,11-13,16-19,21-28,40,44-45H,8,10,14-15,20,29-31H2,1-7H3,(H,49,51)(H,50,52)/t40-,44+,45+/m0/s1.